The fourth-order valence-electron chi connectivity index (χ4n) is 1.40. The van der Waals surface area contributed by atoms with Gasteiger partial charge >= 0.3 is 0 Å². The molecule has 2 N–H and O–H groups in total. The van der Waals surface area contributed by atoms with E-state index >= 15 is 0 Å². The van der Waals surface area contributed by atoms with Crippen LogP contribution in [0.5, 0.6) is 0 Å². The number of aryl methyl sites for hydroxylation is 1. The zero-order valence-electron chi connectivity index (χ0n) is 11.2. The Balaban J connectivity index is 2.94. The van der Waals surface area contributed by atoms with Crippen LogP contribution in [0.15, 0.2) is 12.4 Å². The molecule has 2 atom stereocenters. The summed E-state index contributed by atoms with van der Waals surface area (Å²) in [7, 11) is -2.21. The van der Waals surface area contributed by atoms with Gasteiger partial charge in [-0.15, -0.1) is 0 Å². The van der Waals surface area contributed by atoms with E-state index in [-0.39, 0.29) is 6.61 Å². The number of hydrogen-bond donors (Lipinski definition) is 1. The highest BCUT2D eigenvalue weighted by atomic mass is 32.2. The summed E-state index contributed by atoms with van der Waals surface area (Å²) >= 11 is 0. The maximum absolute atomic E-state index is 11.5. The molecule has 0 amide bonds. The van der Waals surface area contributed by atoms with Crippen molar-refractivity contribution in [3.8, 4) is 0 Å². The Labute approximate surface area is 113 Å². The summed E-state index contributed by atoms with van der Waals surface area (Å²) in [5.41, 5.74) is 0.877. The van der Waals surface area contributed by atoms with Crippen LogP contribution in [0.2, 0.25) is 0 Å². The van der Waals surface area contributed by atoms with E-state index in [1.165, 1.54) is 14.0 Å². The maximum atomic E-state index is 11.5. The van der Waals surface area contributed by atoms with Gasteiger partial charge in [0.15, 0.2) is 5.82 Å². The summed E-state index contributed by atoms with van der Waals surface area (Å²) in [6, 6.07) is 0. The number of rotatable bonds is 7. The normalized spacial score (nSPS) is 15.2. The van der Waals surface area contributed by atoms with Crippen molar-refractivity contribution < 1.29 is 17.9 Å². The van der Waals surface area contributed by atoms with Gasteiger partial charge in [0.05, 0.1) is 13.2 Å². The molecule has 19 heavy (non-hydrogen) atoms. The molecule has 0 spiro atoms. The standard InChI is InChI=1S/C11H19N3O4S/c1-8-6-13-11(14-7-8)10(18-5-4-17-3)9(2)19(12,15)16/h6-7,9-10H,4-5H2,1-3H3,(H2,12,15,16). The Morgan fingerprint density at radius 2 is 1.89 bits per heavy atom. The molecule has 0 fully saturated rings. The third-order valence-electron chi connectivity index (χ3n) is 2.58. The van der Waals surface area contributed by atoms with Gasteiger partial charge in [0.1, 0.15) is 11.4 Å². The summed E-state index contributed by atoms with van der Waals surface area (Å²) in [4.78, 5) is 8.19. The molecule has 7 nitrogen and oxygen atoms in total. The first-order valence-corrected chi connectivity index (χ1v) is 7.38. The number of aromatic nitrogens is 2. The Kier molecular flexibility index (Phi) is 5.80. The first-order valence-electron chi connectivity index (χ1n) is 5.77. The minimum Gasteiger partial charge on any atom is -0.382 e. The fourth-order valence-corrected chi connectivity index (χ4v) is 1.94. The average molecular weight is 289 g/mol. The van der Waals surface area contributed by atoms with Crippen LogP contribution in [0.1, 0.15) is 24.4 Å². The summed E-state index contributed by atoms with van der Waals surface area (Å²) in [6.45, 7) is 3.89. The summed E-state index contributed by atoms with van der Waals surface area (Å²) < 4.78 is 33.3. The fraction of sp³-hybridized carbons (Fsp3) is 0.636. The number of primary sulfonamides is 1. The van der Waals surface area contributed by atoms with Crippen molar-refractivity contribution in [1.82, 2.24) is 9.97 Å². The minimum atomic E-state index is -3.74. The summed E-state index contributed by atoms with van der Waals surface area (Å²) in [5, 5.41) is 4.22. The first-order chi connectivity index (χ1) is 8.86. The highest BCUT2D eigenvalue weighted by molar-refractivity contribution is 7.89. The van der Waals surface area contributed by atoms with Gasteiger partial charge in [-0.05, 0) is 19.4 Å². The number of nitrogens with two attached hydrogens (primary N) is 1. The second kappa shape index (κ2) is 6.90. The molecule has 1 rings (SSSR count). The van der Waals surface area contributed by atoms with Crippen molar-refractivity contribution in [1.29, 1.82) is 0 Å². The molecule has 0 aliphatic heterocycles. The van der Waals surface area contributed by atoms with E-state index < -0.39 is 21.4 Å². The van der Waals surface area contributed by atoms with Gasteiger partial charge in [-0.1, -0.05) is 0 Å². The number of hydrogen-bond acceptors (Lipinski definition) is 6. The highest BCUT2D eigenvalue weighted by Crippen LogP contribution is 2.21. The van der Waals surface area contributed by atoms with E-state index in [0.717, 1.165) is 5.56 Å². The van der Waals surface area contributed by atoms with Gasteiger partial charge in [0, 0.05) is 19.5 Å². The van der Waals surface area contributed by atoms with Crippen LogP contribution in [0.3, 0.4) is 0 Å². The average Bonchev–Trinajstić information content (AvgIpc) is 2.34. The van der Waals surface area contributed by atoms with Crippen LogP contribution in [-0.4, -0.2) is 44.0 Å². The molecular formula is C11H19N3O4S. The molecule has 0 saturated carbocycles. The first kappa shape index (κ1) is 16.0. The van der Waals surface area contributed by atoms with E-state index in [4.69, 9.17) is 14.6 Å². The molecule has 0 aromatic carbocycles. The smallest absolute Gasteiger partial charge is 0.214 e. The van der Waals surface area contributed by atoms with Gasteiger partial charge in [-0.2, -0.15) is 0 Å². The lowest BCUT2D eigenvalue weighted by molar-refractivity contribution is 0.0118. The molecule has 2 unspecified atom stereocenters. The summed E-state index contributed by atoms with van der Waals surface area (Å²) in [6.07, 6.45) is 2.39. The number of methoxy groups -OCH3 is 1. The zero-order valence-corrected chi connectivity index (χ0v) is 12.1. The maximum Gasteiger partial charge on any atom is 0.214 e. The molecule has 0 aliphatic carbocycles. The number of ether oxygens (including phenoxy) is 2. The van der Waals surface area contributed by atoms with Crippen LogP contribution in [-0.2, 0) is 19.5 Å². The van der Waals surface area contributed by atoms with Crippen molar-refractivity contribution in [2.75, 3.05) is 20.3 Å². The van der Waals surface area contributed by atoms with E-state index in [2.05, 4.69) is 9.97 Å². The largest absolute Gasteiger partial charge is 0.382 e. The van der Waals surface area contributed by atoms with Crippen molar-refractivity contribution in [3.63, 3.8) is 0 Å². The number of sulfonamides is 1. The quantitative estimate of drug-likeness (QED) is 0.717. The van der Waals surface area contributed by atoms with Gasteiger partial charge in [0.2, 0.25) is 10.0 Å². The Hall–Kier alpha value is -1.09. The Bertz CT molecular complexity index is 489. The summed E-state index contributed by atoms with van der Waals surface area (Å²) in [5.74, 6) is 0.295. The SMILES string of the molecule is COCCOC(c1ncc(C)cn1)C(C)S(N)(=O)=O. The monoisotopic (exact) mass is 289 g/mol. The third-order valence-corrected chi connectivity index (χ3v) is 3.87. The molecule has 0 aliphatic rings. The lowest BCUT2D eigenvalue weighted by Gasteiger charge is -2.21. The van der Waals surface area contributed by atoms with E-state index in [9.17, 15) is 8.42 Å². The molecule has 0 radical (unpaired) electrons. The van der Waals surface area contributed by atoms with E-state index in [1.54, 1.807) is 12.4 Å². The van der Waals surface area contributed by atoms with Crippen molar-refractivity contribution in [3.05, 3.63) is 23.8 Å². The molecular weight excluding hydrogens is 270 g/mol. The Morgan fingerprint density at radius 3 is 2.37 bits per heavy atom. The van der Waals surface area contributed by atoms with Crippen molar-refractivity contribution in [2.24, 2.45) is 5.14 Å². The second-order valence-corrected chi connectivity index (χ2v) is 6.12. The van der Waals surface area contributed by atoms with Crippen LogP contribution < -0.4 is 5.14 Å². The van der Waals surface area contributed by atoms with Crippen molar-refractivity contribution in [2.45, 2.75) is 25.2 Å². The van der Waals surface area contributed by atoms with Crippen molar-refractivity contribution >= 4 is 10.0 Å². The van der Waals surface area contributed by atoms with Gasteiger partial charge in [-0.25, -0.2) is 23.5 Å². The lowest BCUT2D eigenvalue weighted by Crippen LogP contribution is -2.34. The molecule has 0 saturated heterocycles. The van der Waals surface area contributed by atoms with E-state index in [1.807, 2.05) is 6.92 Å². The number of nitrogens with zero attached hydrogens (tertiary/aromatic N) is 2. The second-order valence-electron chi connectivity index (χ2n) is 4.20. The van der Waals surface area contributed by atoms with Crippen LogP contribution in [0.25, 0.3) is 0 Å². The molecule has 1 aromatic rings. The van der Waals surface area contributed by atoms with Gasteiger partial charge < -0.3 is 9.47 Å². The van der Waals surface area contributed by atoms with Gasteiger partial charge in [-0.3, -0.25) is 0 Å². The predicted octanol–water partition coefficient (Wildman–Crippen LogP) is 0.166. The molecule has 1 aromatic heterocycles. The lowest BCUT2D eigenvalue weighted by atomic mass is 10.2. The zero-order chi connectivity index (χ0) is 14.5. The molecule has 8 heteroatoms. The topological polar surface area (TPSA) is 104 Å². The van der Waals surface area contributed by atoms with E-state index in [0.29, 0.717) is 12.4 Å². The van der Waals surface area contributed by atoms with Gasteiger partial charge in [0.25, 0.3) is 0 Å². The molecule has 1 heterocycles. The minimum absolute atomic E-state index is 0.234. The molecule has 108 valence electrons. The van der Waals surface area contributed by atoms with Crippen LogP contribution >= 0.6 is 0 Å². The predicted molar refractivity (Wildman–Crippen MR) is 69.9 cm³/mol. The molecule has 0 bridgehead atoms. The highest BCUT2D eigenvalue weighted by Gasteiger charge is 2.30. The van der Waals surface area contributed by atoms with Crippen LogP contribution in [0.4, 0.5) is 0 Å². The van der Waals surface area contributed by atoms with Crippen LogP contribution in [0, 0.1) is 6.92 Å². The third kappa shape index (κ3) is 4.83. The Morgan fingerprint density at radius 1 is 1.32 bits per heavy atom.